The number of hydrogen-bond donors (Lipinski definition) is 3. The number of aliphatic hydroxyl groups is 2. The fourth-order valence-corrected chi connectivity index (χ4v) is 8.21. The Morgan fingerprint density at radius 3 is 2.59 bits per heavy atom. The molecule has 0 radical (unpaired) electrons. The van der Waals surface area contributed by atoms with Gasteiger partial charge in [-0.3, -0.25) is 9.59 Å². The van der Waals surface area contributed by atoms with E-state index in [4.69, 9.17) is 5.11 Å². The maximum absolute atomic E-state index is 12.1. The van der Waals surface area contributed by atoms with Gasteiger partial charge >= 0.3 is 5.97 Å². The minimum Gasteiger partial charge on any atom is -0.481 e. The predicted molar refractivity (Wildman–Crippen MR) is 109 cm³/mol. The largest absolute Gasteiger partial charge is 0.481 e. The Bertz CT molecular complexity index is 740. The number of carbonyl (C=O) groups is 2. The van der Waals surface area contributed by atoms with Crippen molar-refractivity contribution in [3.05, 3.63) is 11.6 Å². The van der Waals surface area contributed by atoms with Gasteiger partial charge in [-0.25, -0.2) is 0 Å². The van der Waals surface area contributed by atoms with Crippen molar-refractivity contribution in [2.45, 2.75) is 84.3 Å². The fourth-order valence-electron chi connectivity index (χ4n) is 8.21. The second kappa shape index (κ2) is 6.91. The lowest BCUT2D eigenvalue weighted by Gasteiger charge is -2.59. The molecular formula is C24H36O5. The third-order valence-electron chi connectivity index (χ3n) is 9.62. The van der Waals surface area contributed by atoms with Crippen molar-refractivity contribution in [1.29, 1.82) is 0 Å². The molecule has 0 amide bonds. The Morgan fingerprint density at radius 1 is 1.17 bits per heavy atom. The standard InChI is InChI=1S/C24H36O5/c1-14(4-9-21(26)27)17-7-8-18-16-6-5-15-12-20(25)24(28,29)13-23(15,3)19(16)10-11-22(17,18)2/h12,14,16-19,28-29H,4-11,13H2,1-3H3,(H,26,27)/t14-,16+,17-,18+,19+,22-,23+/m1/s1. The summed E-state index contributed by atoms with van der Waals surface area (Å²) in [6.07, 6.45) is 9.14. The molecule has 4 aliphatic rings. The van der Waals surface area contributed by atoms with E-state index in [1.807, 2.05) is 0 Å². The first kappa shape index (κ1) is 21.0. The van der Waals surface area contributed by atoms with Crippen LogP contribution in [0.15, 0.2) is 11.6 Å². The third-order valence-corrected chi connectivity index (χ3v) is 9.62. The Morgan fingerprint density at radius 2 is 1.90 bits per heavy atom. The molecular weight excluding hydrogens is 368 g/mol. The molecule has 5 heteroatoms. The topological polar surface area (TPSA) is 94.8 Å². The molecule has 162 valence electrons. The summed E-state index contributed by atoms with van der Waals surface area (Å²) in [6, 6.07) is 0. The van der Waals surface area contributed by atoms with Crippen LogP contribution in [0.1, 0.15) is 78.6 Å². The van der Waals surface area contributed by atoms with Gasteiger partial charge in [-0.05, 0) is 91.4 Å². The van der Waals surface area contributed by atoms with Gasteiger partial charge in [-0.15, -0.1) is 0 Å². The molecule has 0 aromatic heterocycles. The summed E-state index contributed by atoms with van der Waals surface area (Å²) in [5.41, 5.74) is 1.06. The Hall–Kier alpha value is -1.20. The maximum Gasteiger partial charge on any atom is 0.303 e. The molecule has 0 heterocycles. The summed E-state index contributed by atoms with van der Waals surface area (Å²) in [5.74, 6) is -0.953. The average Bonchev–Trinajstić information content (AvgIpc) is 2.98. The number of rotatable bonds is 4. The quantitative estimate of drug-likeness (QED) is 0.617. The molecule has 0 unspecified atom stereocenters. The van der Waals surface area contributed by atoms with Gasteiger partial charge in [0.2, 0.25) is 11.6 Å². The van der Waals surface area contributed by atoms with Crippen LogP contribution in [0.3, 0.4) is 0 Å². The highest BCUT2D eigenvalue weighted by molar-refractivity contribution is 5.97. The van der Waals surface area contributed by atoms with Crippen LogP contribution in [-0.2, 0) is 9.59 Å². The number of allylic oxidation sites excluding steroid dienone is 1. The smallest absolute Gasteiger partial charge is 0.303 e. The second-order valence-corrected chi connectivity index (χ2v) is 11.0. The summed E-state index contributed by atoms with van der Waals surface area (Å²) < 4.78 is 0. The van der Waals surface area contributed by atoms with Gasteiger partial charge < -0.3 is 15.3 Å². The molecule has 0 saturated heterocycles. The molecule has 0 aromatic carbocycles. The van der Waals surface area contributed by atoms with Crippen molar-refractivity contribution in [3.63, 3.8) is 0 Å². The summed E-state index contributed by atoms with van der Waals surface area (Å²) in [6.45, 7) is 6.81. The van der Waals surface area contributed by atoms with E-state index in [-0.39, 0.29) is 23.7 Å². The van der Waals surface area contributed by atoms with Crippen molar-refractivity contribution < 1.29 is 24.9 Å². The summed E-state index contributed by atoms with van der Waals surface area (Å²) in [4.78, 5) is 23.2. The van der Waals surface area contributed by atoms with Crippen LogP contribution in [0.4, 0.5) is 0 Å². The van der Waals surface area contributed by atoms with Gasteiger partial charge in [-0.2, -0.15) is 0 Å². The lowest BCUT2D eigenvalue weighted by molar-refractivity contribution is -0.199. The number of aliphatic carboxylic acids is 1. The second-order valence-electron chi connectivity index (χ2n) is 11.0. The van der Waals surface area contributed by atoms with E-state index < -0.39 is 17.5 Å². The van der Waals surface area contributed by atoms with E-state index in [1.54, 1.807) is 0 Å². The van der Waals surface area contributed by atoms with Crippen LogP contribution in [0.25, 0.3) is 0 Å². The van der Waals surface area contributed by atoms with Crippen molar-refractivity contribution >= 4 is 11.8 Å². The van der Waals surface area contributed by atoms with Crippen molar-refractivity contribution in [2.75, 3.05) is 0 Å². The molecule has 0 spiro atoms. The van der Waals surface area contributed by atoms with Gasteiger partial charge in [0.1, 0.15) is 0 Å². The van der Waals surface area contributed by atoms with Crippen LogP contribution in [0.5, 0.6) is 0 Å². The van der Waals surface area contributed by atoms with Gasteiger partial charge in [0.05, 0.1) is 0 Å². The molecule has 0 bridgehead atoms. The fraction of sp³-hybridized carbons (Fsp3) is 0.833. The predicted octanol–water partition coefficient (Wildman–Crippen LogP) is 3.93. The summed E-state index contributed by atoms with van der Waals surface area (Å²) in [7, 11) is 0. The zero-order valence-corrected chi connectivity index (χ0v) is 18.0. The lowest BCUT2D eigenvalue weighted by atomic mass is 9.46. The number of hydrogen-bond acceptors (Lipinski definition) is 4. The van der Waals surface area contributed by atoms with Gasteiger partial charge in [-0.1, -0.05) is 26.3 Å². The van der Waals surface area contributed by atoms with E-state index in [1.165, 1.54) is 18.9 Å². The highest BCUT2D eigenvalue weighted by atomic mass is 16.5. The van der Waals surface area contributed by atoms with E-state index in [0.29, 0.717) is 29.6 Å². The highest BCUT2D eigenvalue weighted by Gasteiger charge is 2.61. The molecule has 7 atom stereocenters. The minimum absolute atomic E-state index is 0.119. The number of ketones is 1. The van der Waals surface area contributed by atoms with E-state index in [2.05, 4.69) is 20.8 Å². The lowest BCUT2D eigenvalue weighted by Crippen LogP contribution is -2.55. The van der Waals surface area contributed by atoms with Gasteiger partial charge in [0, 0.05) is 12.8 Å². The first-order valence-electron chi connectivity index (χ1n) is 11.4. The van der Waals surface area contributed by atoms with E-state index in [0.717, 1.165) is 37.7 Å². The SMILES string of the molecule is C[C@H](CCC(=O)O)[C@H]1CC[C@H]2[C@@H]3CCC4=CC(=O)C(O)(O)C[C@]4(C)[C@H]3CC[C@]12C. The molecule has 5 nitrogen and oxygen atoms in total. The van der Waals surface area contributed by atoms with E-state index >= 15 is 0 Å². The molecule has 4 rings (SSSR count). The first-order chi connectivity index (χ1) is 13.5. The number of fused-ring (bicyclic) bond motifs is 5. The van der Waals surface area contributed by atoms with Crippen LogP contribution < -0.4 is 0 Å². The number of carboxylic acids is 1. The van der Waals surface area contributed by atoms with Gasteiger partial charge in [0.15, 0.2) is 0 Å². The summed E-state index contributed by atoms with van der Waals surface area (Å²) in [5, 5.41) is 29.7. The van der Waals surface area contributed by atoms with Crippen molar-refractivity contribution in [3.8, 4) is 0 Å². The Balaban J connectivity index is 1.58. The zero-order valence-electron chi connectivity index (χ0n) is 18.0. The van der Waals surface area contributed by atoms with Crippen LogP contribution in [0, 0.1) is 40.4 Å². The molecule has 29 heavy (non-hydrogen) atoms. The summed E-state index contributed by atoms with van der Waals surface area (Å²) >= 11 is 0. The molecule has 0 aliphatic heterocycles. The van der Waals surface area contributed by atoms with E-state index in [9.17, 15) is 19.8 Å². The first-order valence-corrected chi connectivity index (χ1v) is 11.4. The minimum atomic E-state index is -2.23. The Kier molecular flexibility index (Phi) is 5.02. The van der Waals surface area contributed by atoms with Gasteiger partial charge in [0.25, 0.3) is 0 Å². The number of carboxylic acid groups (broad SMARTS) is 1. The van der Waals surface area contributed by atoms with Crippen molar-refractivity contribution in [1.82, 2.24) is 0 Å². The molecule has 0 aromatic rings. The molecule has 4 aliphatic carbocycles. The third kappa shape index (κ3) is 3.20. The molecule has 3 fully saturated rings. The van der Waals surface area contributed by atoms with Crippen molar-refractivity contribution in [2.24, 2.45) is 40.4 Å². The van der Waals surface area contributed by atoms with Crippen LogP contribution in [0.2, 0.25) is 0 Å². The highest BCUT2D eigenvalue weighted by Crippen LogP contribution is 2.68. The monoisotopic (exact) mass is 404 g/mol. The average molecular weight is 405 g/mol. The van der Waals surface area contributed by atoms with Crippen LogP contribution in [-0.4, -0.2) is 32.9 Å². The maximum atomic E-state index is 12.1. The van der Waals surface area contributed by atoms with Crippen LogP contribution >= 0.6 is 0 Å². The molecule has 3 saturated carbocycles. The Labute approximate surface area is 173 Å². The zero-order chi connectivity index (χ0) is 21.2. The number of carbonyl (C=O) groups excluding carboxylic acids is 1. The normalized spacial score (nSPS) is 44.3. The molecule has 3 N–H and O–H groups in total.